The van der Waals surface area contributed by atoms with Crippen molar-refractivity contribution in [3.05, 3.63) is 114 Å². The van der Waals surface area contributed by atoms with Gasteiger partial charge in [-0.05, 0) is 66.3 Å². The van der Waals surface area contributed by atoms with Gasteiger partial charge in [0.2, 0.25) is 0 Å². The van der Waals surface area contributed by atoms with Crippen LogP contribution in [0.4, 0.5) is 0 Å². The molecule has 6 rings (SSSR count). The minimum absolute atomic E-state index is 1.19. The zero-order chi connectivity index (χ0) is 20.9. The van der Waals surface area contributed by atoms with Gasteiger partial charge in [-0.15, -0.1) is 0 Å². The highest BCUT2D eigenvalue weighted by molar-refractivity contribution is 6.19. The molecule has 0 aliphatic rings. The summed E-state index contributed by atoms with van der Waals surface area (Å²) in [6.07, 6.45) is 0. The Bertz CT molecular complexity index is 1570. The van der Waals surface area contributed by atoms with Crippen LogP contribution in [0.3, 0.4) is 0 Å². The van der Waals surface area contributed by atoms with Crippen molar-refractivity contribution < 1.29 is 0 Å². The molecule has 0 spiro atoms. The molecular weight excluding hydrogens is 374 g/mol. The van der Waals surface area contributed by atoms with Gasteiger partial charge in [-0.1, -0.05) is 78.4 Å². The summed E-state index contributed by atoms with van der Waals surface area (Å²) in [5.74, 6) is 0. The van der Waals surface area contributed by atoms with E-state index in [1.54, 1.807) is 0 Å². The number of hydrogen-bond acceptors (Lipinski definition) is 0. The summed E-state index contributed by atoms with van der Waals surface area (Å²) in [5.41, 5.74) is 8.83. The SMILES string of the molecule is Cc1ccc(-c2ccc3c(c2)c2cc(C)c4ccccc4c2n3-c2ccccc2)cc1. The molecule has 0 amide bonds. The van der Waals surface area contributed by atoms with E-state index in [1.165, 1.54) is 60.5 Å². The van der Waals surface area contributed by atoms with Gasteiger partial charge in [-0.3, -0.25) is 0 Å². The lowest BCUT2D eigenvalue weighted by molar-refractivity contribution is 1.19. The van der Waals surface area contributed by atoms with Crippen molar-refractivity contribution in [2.45, 2.75) is 13.8 Å². The molecule has 0 saturated heterocycles. The highest BCUT2D eigenvalue weighted by Crippen LogP contribution is 2.39. The second kappa shape index (κ2) is 6.85. The summed E-state index contributed by atoms with van der Waals surface area (Å²) < 4.78 is 2.42. The van der Waals surface area contributed by atoms with Gasteiger partial charge in [0.1, 0.15) is 0 Å². The van der Waals surface area contributed by atoms with E-state index >= 15 is 0 Å². The quantitative estimate of drug-likeness (QED) is 0.277. The molecule has 1 heteroatoms. The molecule has 0 bridgehead atoms. The van der Waals surface area contributed by atoms with E-state index in [9.17, 15) is 0 Å². The fourth-order valence-corrected chi connectivity index (χ4v) is 4.83. The van der Waals surface area contributed by atoms with Crippen molar-refractivity contribution in [3.63, 3.8) is 0 Å². The first-order valence-electron chi connectivity index (χ1n) is 10.8. The summed E-state index contributed by atoms with van der Waals surface area (Å²) in [5, 5.41) is 5.22. The van der Waals surface area contributed by atoms with Crippen LogP contribution >= 0.6 is 0 Å². The van der Waals surface area contributed by atoms with Gasteiger partial charge < -0.3 is 4.57 Å². The van der Waals surface area contributed by atoms with E-state index in [0.717, 1.165) is 0 Å². The average Bonchev–Trinajstić information content (AvgIpc) is 3.14. The molecule has 148 valence electrons. The largest absolute Gasteiger partial charge is 0.309 e. The number of aromatic nitrogens is 1. The topological polar surface area (TPSA) is 4.93 Å². The number of fused-ring (bicyclic) bond motifs is 5. The molecule has 1 nitrogen and oxygen atoms in total. The lowest BCUT2D eigenvalue weighted by atomic mass is 9.99. The van der Waals surface area contributed by atoms with Gasteiger partial charge in [0.25, 0.3) is 0 Å². The highest BCUT2D eigenvalue weighted by atomic mass is 15.0. The summed E-state index contributed by atoms with van der Waals surface area (Å²) in [6, 6.07) is 37.5. The minimum atomic E-state index is 1.19. The maximum atomic E-state index is 2.42. The summed E-state index contributed by atoms with van der Waals surface area (Å²) >= 11 is 0. The lowest BCUT2D eigenvalue weighted by Crippen LogP contribution is -1.94. The highest BCUT2D eigenvalue weighted by Gasteiger charge is 2.16. The van der Waals surface area contributed by atoms with Gasteiger partial charge in [0, 0.05) is 21.8 Å². The fourth-order valence-electron chi connectivity index (χ4n) is 4.83. The van der Waals surface area contributed by atoms with Crippen LogP contribution in [0, 0.1) is 13.8 Å². The maximum absolute atomic E-state index is 2.42. The first-order chi connectivity index (χ1) is 15.2. The van der Waals surface area contributed by atoms with E-state index in [2.05, 4.69) is 122 Å². The standard InChI is InChI=1S/C30H23N/c1-20-12-14-22(15-13-20)23-16-17-29-27(19-23)28-18-21(2)25-10-6-7-11-26(25)30(28)31(29)24-8-4-3-5-9-24/h3-19H,1-2H3. The fraction of sp³-hybridized carbons (Fsp3) is 0.0667. The summed E-state index contributed by atoms with van der Waals surface area (Å²) in [4.78, 5) is 0. The Labute approximate surface area is 182 Å². The van der Waals surface area contributed by atoms with Crippen molar-refractivity contribution in [1.82, 2.24) is 4.57 Å². The Morgan fingerprint density at radius 3 is 1.97 bits per heavy atom. The van der Waals surface area contributed by atoms with Gasteiger partial charge in [0.15, 0.2) is 0 Å². The van der Waals surface area contributed by atoms with Crippen molar-refractivity contribution in [2.24, 2.45) is 0 Å². The number of nitrogens with zero attached hydrogens (tertiary/aromatic N) is 1. The Morgan fingerprint density at radius 2 is 1.19 bits per heavy atom. The molecule has 1 aromatic heterocycles. The first kappa shape index (κ1) is 18.0. The first-order valence-corrected chi connectivity index (χ1v) is 10.8. The Hall–Kier alpha value is -3.84. The van der Waals surface area contributed by atoms with Crippen LogP contribution in [0.5, 0.6) is 0 Å². The van der Waals surface area contributed by atoms with Crippen LogP contribution < -0.4 is 0 Å². The van der Waals surface area contributed by atoms with E-state index in [1.807, 2.05) is 0 Å². The molecule has 0 aliphatic carbocycles. The Kier molecular flexibility index (Phi) is 3.97. The lowest BCUT2D eigenvalue weighted by Gasteiger charge is -2.11. The normalized spacial score (nSPS) is 11.5. The van der Waals surface area contributed by atoms with Crippen molar-refractivity contribution in [2.75, 3.05) is 0 Å². The van der Waals surface area contributed by atoms with E-state index in [4.69, 9.17) is 0 Å². The van der Waals surface area contributed by atoms with Crippen LogP contribution in [0.15, 0.2) is 103 Å². The van der Waals surface area contributed by atoms with Crippen LogP contribution in [-0.2, 0) is 0 Å². The third-order valence-corrected chi connectivity index (χ3v) is 6.37. The molecule has 0 aliphatic heterocycles. The van der Waals surface area contributed by atoms with Crippen molar-refractivity contribution in [3.8, 4) is 16.8 Å². The van der Waals surface area contributed by atoms with Gasteiger partial charge >= 0.3 is 0 Å². The van der Waals surface area contributed by atoms with Gasteiger partial charge in [-0.2, -0.15) is 0 Å². The van der Waals surface area contributed by atoms with Crippen LogP contribution in [-0.4, -0.2) is 4.57 Å². The van der Waals surface area contributed by atoms with E-state index < -0.39 is 0 Å². The molecular formula is C30H23N. The molecule has 31 heavy (non-hydrogen) atoms. The minimum Gasteiger partial charge on any atom is -0.309 e. The number of aryl methyl sites for hydroxylation is 2. The molecule has 1 heterocycles. The number of benzene rings is 5. The summed E-state index contributed by atoms with van der Waals surface area (Å²) in [7, 11) is 0. The van der Waals surface area contributed by atoms with Gasteiger partial charge in [0.05, 0.1) is 11.0 Å². The Morgan fingerprint density at radius 1 is 0.516 bits per heavy atom. The molecule has 0 unspecified atom stereocenters. The van der Waals surface area contributed by atoms with E-state index in [-0.39, 0.29) is 0 Å². The number of rotatable bonds is 2. The zero-order valence-electron chi connectivity index (χ0n) is 17.8. The molecule has 0 radical (unpaired) electrons. The predicted octanol–water partition coefficient (Wildman–Crippen LogP) is 8.22. The second-order valence-electron chi connectivity index (χ2n) is 8.40. The molecule has 0 fully saturated rings. The predicted molar refractivity (Wildman–Crippen MR) is 133 cm³/mol. The van der Waals surface area contributed by atoms with Crippen molar-refractivity contribution >= 4 is 32.6 Å². The smallest absolute Gasteiger partial charge is 0.0619 e. The molecule has 0 saturated carbocycles. The second-order valence-corrected chi connectivity index (χ2v) is 8.40. The zero-order valence-corrected chi connectivity index (χ0v) is 17.8. The molecule has 0 N–H and O–H groups in total. The van der Waals surface area contributed by atoms with Crippen LogP contribution in [0.1, 0.15) is 11.1 Å². The third-order valence-electron chi connectivity index (χ3n) is 6.37. The number of hydrogen-bond donors (Lipinski definition) is 0. The monoisotopic (exact) mass is 397 g/mol. The van der Waals surface area contributed by atoms with Crippen LogP contribution in [0.2, 0.25) is 0 Å². The number of para-hydroxylation sites is 1. The molecule has 0 atom stereocenters. The third kappa shape index (κ3) is 2.78. The molecule has 5 aromatic carbocycles. The maximum Gasteiger partial charge on any atom is 0.0619 e. The summed E-state index contributed by atoms with van der Waals surface area (Å²) in [6.45, 7) is 4.35. The van der Waals surface area contributed by atoms with Crippen molar-refractivity contribution in [1.29, 1.82) is 0 Å². The van der Waals surface area contributed by atoms with Crippen LogP contribution in [0.25, 0.3) is 49.4 Å². The average molecular weight is 398 g/mol. The van der Waals surface area contributed by atoms with Gasteiger partial charge in [-0.25, -0.2) is 0 Å². The van der Waals surface area contributed by atoms with E-state index in [0.29, 0.717) is 0 Å². The Balaban J connectivity index is 1.77. The molecule has 6 aromatic rings.